The van der Waals surface area contributed by atoms with Gasteiger partial charge in [0.15, 0.2) is 0 Å². The van der Waals surface area contributed by atoms with Gasteiger partial charge in [0.1, 0.15) is 12.4 Å². The van der Waals surface area contributed by atoms with Crippen LogP contribution >= 0.6 is 0 Å². The van der Waals surface area contributed by atoms with Crippen LogP contribution in [-0.2, 0) is 4.74 Å². The van der Waals surface area contributed by atoms with E-state index in [0.29, 0.717) is 50.5 Å². The van der Waals surface area contributed by atoms with Gasteiger partial charge in [0.05, 0.1) is 17.2 Å². The van der Waals surface area contributed by atoms with E-state index in [9.17, 15) is 5.11 Å². The highest BCUT2D eigenvalue weighted by Gasteiger charge is 2.30. The molecule has 114 valence electrons. The summed E-state index contributed by atoms with van der Waals surface area (Å²) < 4.78 is 10.9. The monoisotopic (exact) mass is 290 g/mol. The minimum Gasteiger partial charge on any atom is -0.492 e. The quantitative estimate of drug-likeness (QED) is 0.858. The van der Waals surface area contributed by atoms with Crippen LogP contribution in [0.3, 0.4) is 0 Å². The molecule has 1 aromatic rings. The summed E-state index contributed by atoms with van der Waals surface area (Å²) in [5, 5.41) is 19.3. The molecule has 1 aliphatic rings. The maximum atomic E-state index is 10.4. The first-order valence-corrected chi connectivity index (χ1v) is 7.23. The molecule has 5 heteroatoms. The molecule has 0 aliphatic carbocycles. The first kappa shape index (κ1) is 15.8. The van der Waals surface area contributed by atoms with Crippen LogP contribution in [0.1, 0.15) is 18.4 Å². The lowest BCUT2D eigenvalue weighted by Gasteiger charge is -2.35. The number of hydrogen-bond donors (Lipinski definition) is 1. The smallest absolute Gasteiger partial charge is 0.120 e. The first-order chi connectivity index (χ1) is 10.1. The molecule has 1 saturated heterocycles. The van der Waals surface area contributed by atoms with Crippen LogP contribution in [0.15, 0.2) is 24.3 Å². The van der Waals surface area contributed by atoms with Crippen molar-refractivity contribution in [3.8, 4) is 11.8 Å². The van der Waals surface area contributed by atoms with Gasteiger partial charge in [-0.2, -0.15) is 5.26 Å². The van der Waals surface area contributed by atoms with Crippen LogP contribution in [0, 0.1) is 11.3 Å². The molecule has 1 aliphatic heterocycles. The van der Waals surface area contributed by atoms with E-state index in [2.05, 4.69) is 11.0 Å². The number of aliphatic hydroxyl groups is 1. The van der Waals surface area contributed by atoms with Crippen molar-refractivity contribution in [1.29, 1.82) is 5.26 Å². The summed E-state index contributed by atoms with van der Waals surface area (Å²) in [5.74, 6) is 0.701. The van der Waals surface area contributed by atoms with Gasteiger partial charge >= 0.3 is 0 Å². The van der Waals surface area contributed by atoms with E-state index in [1.165, 1.54) is 0 Å². The zero-order valence-electron chi connectivity index (χ0n) is 12.4. The Morgan fingerprint density at radius 1 is 1.43 bits per heavy atom. The van der Waals surface area contributed by atoms with E-state index < -0.39 is 5.60 Å². The summed E-state index contributed by atoms with van der Waals surface area (Å²) in [6.07, 6.45) is 1.37. The van der Waals surface area contributed by atoms with Crippen molar-refractivity contribution in [2.24, 2.45) is 0 Å². The molecule has 21 heavy (non-hydrogen) atoms. The number of nitrogens with zero attached hydrogens (tertiary/aromatic N) is 2. The van der Waals surface area contributed by atoms with Crippen LogP contribution in [0.2, 0.25) is 0 Å². The predicted molar refractivity (Wildman–Crippen MR) is 79.2 cm³/mol. The molecular formula is C16H22N2O3. The van der Waals surface area contributed by atoms with E-state index in [1.807, 2.05) is 19.2 Å². The Balaban J connectivity index is 1.73. The third-order valence-corrected chi connectivity index (χ3v) is 3.69. The second-order valence-corrected chi connectivity index (χ2v) is 5.56. The molecular weight excluding hydrogens is 268 g/mol. The lowest BCUT2D eigenvalue weighted by Crippen LogP contribution is -2.46. The Morgan fingerprint density at radius 3 is 2.90 bits per heavy atom. The highest BCUT2D eigenvalue weighted by atomic mass is 16.5. The van der Waals surface area contributed by atoms with Crippen molar-refractivity contribution in [2.75, 3.05) is 40.0 Å². The van der Waals surface area contributed by atoms with Gasteiger partial charge in [-0.3, -0.25) is 0 Å². The molecule has 2 rings (SSSR count). The number of rotatable bonds is 6. The average Bonchev–Trinajstić information content (AvgIpc) is 2.47. The van der Waals surface area contributed by atoms with Crippen LogP contribution in [0.4, 0.5) is 0 Å². The molecule has 0 amide bonds. The molecule has 0 aromatic heterocycles. The lowest BCUT2D eigenvalue weighted by molar-refractivity contribution is -0.0775. The zero-order chi connectivity index (χ0) is 15.1. The largest absolute Gasteiger partial charge is 0.492 e. The fraction of sp³-hybridized carbons (Fsp3) is 0.562. The van der Waals surface area contributed by atoms with Crippen molar-refractivity contribution in [3.63, 3.8) is 0 Å². The highest BCUT2D eigenvalue weighted by molar-refractivity contribution is 5.36. The third kappa shape index (κ3) is 5.01. The predicted octanol–water partition coefficient (Wildman–Crippen LogP) is 1.41. The fourth-order valence-corrected chi connectivity index (χ4v) is 2.47. The SMILES string of the molecule is CN(CCOc1cccc(C#N)c1)CC1(O)CCOCC1. The molecule has 0 spiro atoms. The number of ether oxygens (including phenoxy) is 2. The van der Waals surface area contributed by atoms with Crippen molar-refractivity contribution < 1.29 is 14.6 Å². The van der Waals surface area contributed by atoms with E-state index >= 15 is 0 Å². The van der Waals surface area contributed by atoms with Gasteiger partial charge in [0.25, 0.3) is 0 Å². The molecule has 0 bridgehead atoms. The van der Waals surface area contributed by atoms with Crippen LogP contribution < -0.4 is 4.74 Å². The average molecular weight is 290 g/mol. The Hall–Kier alpha value is -1.61. The molecule has 0 radical (unpaired) electrons. The molecule has 0 unspecified atom stereocenters. The van der Waals surface area contributed by atoms with Crippen molar-refractivity contribution >= 4 is 0 Å². The Morgan fingerprint density at radius 2 is 2.19 bits per heavy atom. The second-order valence-electron chi connectivity index (χ2n) is 5.56. The Kier molecular flexibility index (Phi) is 5.57. The molecule has 0 atom stereocenters. The lowest BCUT2D eigenvalue weighted by atomic mass is 9.94. The van der Waals surface area contributed by atoms with Gasteiger partial charge in [0, 0.05) is 39.1 Å². The summed E-state index contributed by atoms with van der Waals surface area (Å²) in [6.45, 7) is 3.12. The van der Waals surface area contributed by atoms with E-state index in [1.54, 1.807) is 12.1 Å². The molecule has 5 nitrogen and oxygen atoms in total. The number of nitriles is 1. The topological polar surface area (TPSA) is 65.7 Å². The summed E-state index contributed by atoms with van der Waals surface area (Å²) in [5.41, 5.74) is -0.0503. The molecule has 0 saturated carbocycles. The summed E-state index contributed by atoms with van der Waals surface area (Å²) >= 11 is 0. The maximum absolute atomic E-state index is 10.4. The number of benzene rings is 1. The normalized spacial score (nSPS) is 17.4. The second kappa shape index (κ2) is 7.41. The minimum absolute atomic E-state index is 0.526. The van der Waals surface area contributed by atoms with Crippen molar-refractivity contribution in [2.45, 2.75) is 18.4 Å². The first-order valence-electron chi connectivity index (χ1n) is 7.23. The van der Waals surface area contributed by atoms with Crippen LogP contribution in [-0.4, -0.2) is 55.6 Å². The zero-order valence-corrected chi connectivity index (χ0v) is 12.4. The van der Waals surface area contributed by atoms with Gasteiger partial charge in [-0.1, -0.05) is 6.07 Å². The van der Waals surface area contributed by atoms with Crippen LogP contribution in [0.5, 0.6) is 5.75 Å². The number of hydrogen-bond acceptors (Lipinski definition) is 5. The fourth-order valence-electron chi connectivity index (χ4n) is 2.47. The van der Waals surface area contributed by atoms with E-state index in [4.69, 9.17) is 14.7 Å². The molecule has 1 aromatic carbocycles. The van der Waals surface area contributed by atoms with E-state index in [-0.39, 0.29) is 0 Å². The van der Waals surface area contributed by atoms with Gasteiger partial charge in [-0.05, 0) is 25.2 Å². The van der Waals surface area contributed by atoms with Gasteiger partial charge < -0.3 is 19.5 Å². The standard InChI is InChI=1S/C16H22N2O3/c1-18(13-16(19)5-8-20-9-6-16)7-10-21-15-4-2-3-14(11-15)12-17/h2-4,11,19H,5-10,13H2,1H3. The maximum Gasteiger partial charge on any atom is 0.120 e. The van der Waals surface area contributed by atoms with Crippen molar-refractivity contribution in [3.05, 3.63) is 29.8 Å². The van der Waals surface area contributed by atoms with Crippen molar-refractivity contribution in [1.82, 2.24) is 4.90 Å². The van der Waals surface area contributed by atoms with Gasteiger partial charge in [0.2, 0.25) is 0 Å². The number of likely N-dealkylation sites (N-methyl/N-ethyl adjacent to an activating group) is 1. The summed E-state index contributed by atoms with van der Waals surface area (Å²) in [4.78, 5) is 2.07. The molecule has 1 N–H and O–H groups in total. The highest BCUT2D eigenvalue weighted by Crippen LogP contribution is 2.21. The van der Waals surface area contributed by atoms with Gasteiger partial charge in [-0.15, -0.1) is 0 Å². The summed E-state index contributed by atoms with van der Waals surface area (Å²) in [6, 6.07) is 9.22. The summed E-state index contributed by atoms with van der Waals surface area (Å²) in [7, 11) is 1.97. The van der Waals surface area contributed by atoms with E-state index in [0.717, 1.165) is 6.54 Å². The third-order valence-electron chi connectivity index (χ3n) is 3.69. The molecule has 1 heterocycles. The Labute approximate surface area is 125 Å². The Bertz CT molecular complexity index is 493. The molecule has 1 fully saturated rings. The van der Waals surface area contributed by atoms with Gasteiger partial charge in [-0.25, -0.2) is 0 Å². The van der Waals surface area contributed by atoms with Crippen LogP contribution in [0.25, 0.3) is 0 Å². The minimum atomic E-state index is -0.645.